The average molecular weight is 734 g/mol. The second-order valence-electron chi connectivity index (χ2n) is 15.9. The number of nitrogens with zero attached hydrogens (tertiary/aromatic N) is 1. The minimum absolute atomic E-state index is 0.420. The van der Waals surface area contributed by atoms with Gasteiger partial charge in [-0.2, -0.15) is 0 Å². The topological polar surface area (TPSA) is 3.24 Å². The van der Waals surface area contributed by atoms with Crippen molar-refractivity contribution in [2.45, 2.75) is 5.41 Å². The van der Waals surface area contributed by atoms with Crippen LogP contribution in [-0.2, 0) is 5.41 Å². The highest BCUT2D eigenvalue weighted by molar-refractivity contribution is 6.36. The SMILES string of the molecule is c1ccc(-c2ccc(N(c3ccccc3)c3ccc(-c4cccc5c4-c4ccccc4C54c5cccc6c7cccc8ccc9ccc4c(c56)c9c87)cc3)cc2)cc1. The van der Waals surface area contributed by atoms with Gasteiger partial charge in [0.05, 0.1) is 5.41 Å². The van der Waals surface area contributed by atoms with Crippen molar-refractivity contribution in [3.05, 3.63) is 235 Å². The van der Waals surface area contributed by atoms with Crippen LogP contribution < -0.4 is 4.90 Å². The molecule has 11 aromatic carbocycles. The molecule has 11 aromatic rings. The largest absolute Gasteiger partial charge is 0.311 e. The van der Waals surface area contributed by atoms with Crippen molar-refractivity contribution in [2.24, 2.45) is 0 Å². The van der Waals surface area contributed by atoms with Crippen LogP contribution in [0.15, 0.2) is 212 Å². The van der Waals surface area contributed by atoms with Crippen molar-refractivity contribution in [1.29, 1.82) is 0 Å². The van der Waals surface area contributed by atoms with Gasteiger partial charge in [0.2, 0.25) is 0 Å². The molecule has 0 saturated heterocycles. The fourth-order valence-corrected chi connectivity index (χ4v) is 10.9. The maximum Gasteiger partial charge on any atom is 0.0726 e. The molecular weight excluding hydrogens is 699 g/mol. The van der Waals surface area contributed by atoms with E-state index < -0.39 is 5.41 Å². The molecule has 13 rings (SSSR count). The van der Waals surface area contributed by atoms with E-state index >= 15 is 0 Å². The molecule has 1 atom stereocenters. The van der Waals surface area contributed by atoms with Gasteiger partial charge >= 0.3 is 0 Å². The molecule has 2 aliphatic rings. The third-order valence-corrected chi connectivity index (χ3v) is 13.2. The summed E-state index contributed by atoms with van der Waals surface area (Å²) >= 11 is 0. The van der Waals surface area contributed by atoms with Crippen LogP contribution in [0, 0.1) is 0 Å². The van der Waals surface area contributed by atoms with E-state index in [4.69, 9.17) is 0 Å². The summed E-state index contributed by atoms with van der Waals surface area (Å²) in [7, 11) is 0. The highest BCUT2D eigenvalue weighted by Crippen LogP contribution is 2.65. The zero-order valence-electron chi connectivity index (χ0n) is 31.7. The first-order chi connectivity index (χ1) is 28.8. The Morgan fingerprint density at radius 2 is 0.793 bits per heavy atom. The first kappa shape index (κ1) is 31.7. The van der Waals surface area contributed by atoms with Gasteiger partial charge in [-0.25, -0.2) is 0 Å². The second kappa shape index (κ2) is 11.8. The van der Waals surface area contributed by atoms with Crippen molar-refractivity contribution in [2.75, 3.05) is 4.90 Å². The van der Waals surface area contributed by atoms with Crippen LogP contribution in [0.3, 0.4) is 0 Å². The highest BCUT2D eigenvalue weighted by Gasteiger charge is 2.51. The van der Waals surface area contributed by atoms with Crippen LogP contribution in [-0.4, -0.2) is 0 Å². The van der Waals surface area contributed by atoms with Gasteiger partial charge in [-0.15, -0.1) is 0 Å². The number of para-hydroxylation sites is 1. The fourth-order valence-electron chi connectivity index (χ4n) is 10.9. The van der Waals surface area contributed by atoms with Gasteiger partial charge in [0.15, 0.2) is 0 Å². The van der Waals surface area contributed by atoms with Crippen LogP contribution in [0.25, 0.3) is 76.5 Å². The fraction of sp³-hybridized carbons (Fsp3) is 0.0175. The average Bonchev–Trinajstić information content (AvgIpc) is 3.78. The van der Waals surface area contributed by atoms with Crippen LogP contribution in [0.1, 0.15) is 22.3 Å². The Bertz CT molecular complexity index is 3420. The molecule has 0 radical (unpaired) electrons. The second-order valence-corrected chi connectivity index (χ2v) is 15.9. The van der Waals surface area contributed by atoms with E-state index in [9.17, 15) is 0 Å². The Morgan fingerprint density at radius 3 is 1.57 bits per heavy atom. The summed E-state index contributed by atoms with van der Waals surface area (Å²) in [4.78, 5) is 2.35. The van der Waals surface area contributed by atoms with E-state index in [-0.39, 0.29) is 0 Å². The maximum absolute atomic E-state index is 2.44. The summed E-state index contributed by atoms with van der Waals surface area (Å²) in [5.74, 6) is 0. The number of hydrogen-bond donors (Lipinski definition) is 0. The summed E-state index contributed by atoms with van der Waals surface area (Å²) in [6, 6.07) is 78.9. The molecule has 0 aliphatic heterocycles. The van der Waals surface area contributed by atoms with Gasteiger partial charge in [-0.3, -0.25) is 0 Å². The number of hydrogen-bond acceptors (Lipinski definition) is 1. The van der Waals surface area contributed by atoms with Gasteiger partial charge in [0.1, 0.15) is 0 Å². The van der Waals surface area contributed by atoms with Crippen molar-refractivity contribution < 1.29 is 0 Å². The molecule has 58 heavy (non-hydrogen) atoms. The zero-order chi connectivity index (χ0) is 38.0. The van der Waals surface area contributed by atoms with Crippen molar-refractivity contribution in [3.8, 4) is 33.4 Å². The molecule has 1 heteroatoms. The van der Waals surface area contributed by atoms with Gasteiger partial charge in [-0.05, 0) is 135 Å². The van der Waals surface area contributed by atoms with Crippen molar-refractivity contribution in [1.82, 2.24) is 0 Å². The summed E-state index contributed by atoms with van der Waals surface area (Å²) < 4.78 is 0. The lowest BCUT2D eigenvalue weighted by molar-refractivity contribution is 0.797. The third kappa shape index (κ3) is 4.10. The Kier molecular flexibility index (Phi) is 6.43. The number of rotatable bonds is 5. The molecule has 1 spiro atoms. The minimum Gasteiger partial charge on any atom is -0.311 e. The molecule has 0 amide bonds. The Hall–Kier alpha value is -7.48. The van der Waals surface area contributed by atoms with E-state index in [1.165, 1.54) is 98.7 Å². The lowest BCUT2D eigenvalue weighted by Gasteiger charge is -2.31. The lowest BCUT2D eigenvalue weighted by Crippen LogP contribution is -2.26. The number of benzene rings is 11. The van der Waals surface area contributed by atoms with Gasteiger partial charge < -0.3 is 4.90 Å². The monoisotopic (exact) mass is 733 g/mol. The highest BCUT2D eigenvalue weighted by atomic mass is 15.1. The summed E-state index contributed by atoms with van der Waals surface area (Å²) in [5.41, 5.74) is 16.1. The molecule has 0 N–H and O–H groups in total. The molecule has 2 aliphatic carbocycles. The quantitative estimate of drug-likeness (QED) is 0.126. The predicted molar refractivity (Wildman–Crippen MR) is 244 cm³/mol. The van der Waals surface area contributed by atoms with Crippen LogP contribution in [0.2, 0.25) is 0 Å². The maximum atomic E-state index is 2.44. The minimum atomic E-state index is -0.420. The Labute approximate surface area is 337 Å². The van der Waals surface area contributed by atoms with Crippen molar-refractivity contribution in [3.63, 3.8) is 0 Å². The van der Waals surface area contributed by atoms with Crippen LogP contribution in [0.5, 0.6) is 0 Å². The molecule has 0 heterocycles. The lowest BCUT2D eigenvalue weighted by atomic mass is 9.70. The number of fused-ring (bicyclic) bond motifs is 8. The predicted octanol–water partition coefficient (Wildman–Crippen LogP) is 15.2. The van der Waals surface area contributed by atoms with E-state index in [1.54, 1.807) is 0 Å². The smallest absolute Gasteiger partial charge is 0.0726 e. The molecule has 0 fully saturated rings. The Morgan fingerprint density at radius 1 is 0.276 bits per heavy atom. The van der Waals surface area contributed by atoms with E-state index in [1.807, 2.05) is 0 Å². The van der Waals surface area contributed by atoms with Crippen LogP contribution >= 0.6 is 0 Å². The Balaban J connectivity index is 0.996. The van der Waals surface area contributed by atoms with Crippen molar-refractivity contribution >= 4 is 60.2 Å². The van der Waals surface area contributed by atoms with E-state index in [0.717, 1.165) is 17.1 Å². The third-order valence-electron chi connectivity index (χ3n) is 13.2. The summed E-state index contributed by atoms with van der Waals surface area (Å²) in [6.07, 6.45) is 0. The molecule has 0 bridgehead atoms. The first-order valence-electron chi connectivity index (χ1n) is 20.3. The van der Waals surface area contributed by atoms with E-state index in [2.05, 4.69) is 217 Å². The molecule has 268 valence electrons. The van der Waals surface area contributed by atoms with E-state index in [0.29, 0.717) is 0 Å². The number of anilines is 3. The standard InChI is InChI=1S/C57H35N/c1-3-12-36(13-4-1)37-26-31-42(32-27-37)58(41-15-5-2-6-16-41)43-33-28-38(29-34-43)44-18-10-22-49-54(44)47-17-7-8-21-48(47)57(49)50-23-11-20-46-45-19-9-14-39-24-25-40-30-35-51(57)56(55(46)50)53(40)52(39)45/h1-35H. The van der Waals surface area contributed by atoms with Crippen LogP contribution in [0.4, 0.5) is 17.1 Å². The zero-order valence-corrected chi connectivity index (χ0v) is 31.7. The summed E-state index contributed by atoms with van der Waals surface area (Å²) in [6.45, 7) is 0. The molecule has 0 aromatic heterocycles. The summed E-state index contributed by atoms with van der Waals surface area (Å²) in [5, 5.41) is 10.9. The molecule has 1 nitrogen and oxygen atoms in total. The first-order valence-corrected chi connectivity index (χ1v) is 20.3. The molecule has 0 saturated carbocycles. The normalized spacial score (nSPS) is 15.0. The molecular formula is C57H35N. The molecule has 1 unspecified atom stereocenters. The van der Waals surface area contributed by atoms with Gasteiger partial charge in [0, 0.05) is 17.1 Å². The van der Waals surface area contributed by atoms with Gasteiger partial charge in [-0.1, -0.05) is 176 Å². The van der Waals surface area contributed by atoms with Gasteiger partial charge in [0.25, 0.3) is 0 Å².